The van der Waals surface area contributed by atoms with Crippen LogP contribution in [-0.4, -0.2) is 26.0 Å². The molecule has 0 aromatic heterocycles. The highest BCUT2D eigenvalue weighted by Gasteiger charge is 2.96. The first-order valence-electron chi connectivity index (χ1n) is 6.59. The first-order chi connectivity index (χ1) is 10.5. The number of rotatable bonds is 3. The molecule has 1 aliphatic carbocycles. The SMILES string of the molecule is COC1(OC)[NH+]=C(N)[C@@]2(C#N)[C@@H](c3cccc(Cl)c3)[C@@]12C#N. The summed E-state index contributed by atoms with van der Waals surface area (Å²) in [5.74, 6) is -1.80. The van der Waals surface area contributed by atoms with Crippen LogP contribution in [0.25, 0.3) is 0 Å². The van der Waals surface area contributed by atoms with Crippen molar-refractivity contribution in [1.82, 2.24) is 0 Å². The number of hydrogen-bond donors (Lipinski definition) is 2. The number of nitrogens with two attached hydrogens (primary N) is 1. The van der Waals surface area contributed by atoms with Gasteiger partial charge in [-0.15, -0.1) is 0 Å². The van der Waals surface area contributed by atoms with Crippen LogP contribution in [-0.2, 0) is 9.47 Å². The Morgan fingerprint density at radius 3 is 2.45 bits per heavy atom. The Hall–Kier alpha value is -2.12. The van der Waals surface area contributed by atoms with Gasteiger partial charge in [0.05, 0.1) is 12.1 Å². The lowest BCUT2D eigenvalue weighted by Crippen LogP contribution is -2.90. The van der Waals surface area contributed by atoms with Gasteiger partial charge < -0.3 is 9.47 Å². The maximum atomic E-state index is 9.88. The van der Waals surface area contributed by atoms with Crippen molar-refractivity contribution in [2.24, 2.45) is 16.6 Å². The van der Waals surface area contributed by atoms with Crippen LogP contribution in [0, 0.1) is 33.5 Å². The largest absolute Gasteiger partial charge is 0.342 e. The van der Waals surface area contributed by atoms with Gasteiger partial charge in [0.15, 0.2) is 10.8 Å². The van der Waals surface area contributed by atoms with E-state index >= 15 is 0 Å². The highest BCUT2D eigenvalue weighted by atomic mass is 35.5. The fourth-order valence-electron chi connectivity index (χ4n) is 3.80. The average Bonchev–Trinajstić information content (AvgIpc) is 3.11. The minimum Gasteiger partial charge on any atom is -0.317 e. The Labute approximate surface area is 132 Å². The molecule has 7 heteroatoms. The number of amidine groups is 1. The van der Waals surface area contributed by atoms with Crippen molar-refractivity contribution >= 4 is 17.4 Å². The van der Waals surface area contributed by atoms with Crippen LogP contribution >= 0.6 is 11.6 Å². The van der Waals surface area contributed by atoms with Gasteiger partial charge in [-0.25, -0.2) is 4.99 Å². The van der Waals surface area contributed by atoms with Crippen LogP contribution in [0.2, 0.25) is 5.02 Å². The van der Waals surface area contributed by atoms with E-state index in [0.29, 0.717) is 5.02 Å². The number of halogens is 1. The third kappa shape index (κ3) is 1.29. The van der Waals surface area contributed by atoms with Gasteiger partial charge in [0.2, 0.25) is 0 Å². The van der Waals surface area contributed by atoms with E-state index in [1.54, 1.807) is 18.2 Å². The third-order valence-corrected chi connectivity index (χ3v) is 4.99. The molecule has 6 nitrogen and oxygen atoms in total. The molecule has 0 radical (unpaired) electrons. The minimum atomic E-state index is -1.48. The zero-order valence-corrected chi connectivity index (χ0v) is 12.8. The Bertz CT molecular complexity index is 762. The van der Waals surface area contributed by atoms with Crippen molar-refractivity contribution in [2.75, 3.05) is 14.2 Å². The Balaban J connectivity index is 2.26. The van der Waals surface area contributed by atoms with Crippen molar-refractivity contribution in [2.45, 2.75) is 11.8 Å². The number of nitrogens with zero attached hydrogens (tertiary/aromatic N) is 2. The molecular formula is C15H14ClN4O2+. The van der Waals surface area contributed by atoms with E-state index in [1.165, 1.54) is 14.2 Å². The summed E-state index contributed by atoms with van der Waals surface area (Å²) in [6.07, 6.45) is 0. The molecule has 3 atom stereocenters. The predicted octanol–water partition coefficient (Wildman–Crippen LogP) is -0.145. The summed E-state index contributed by atoms with van der Waals surface area (Å²) < 4.78 is 10.9. The van der Waals surface area contributed by atoms with E-state index in [0.717, 1.165) is 5.56 Å². The third-order valence-electron chi connectivity index (χ3n) is 4.76. The molecule has 22 heavy (non-hydrogen) atoms. The van der Waals surface area contributed by atoms with E-state index in [9.17, 15) is 10.5 Å². The quantitative estimate of drug-likeness (QED) is 0.754. The Morgan fingerprint density at radius 2 is 1.95 bits per heavy atom. The lowest BCUT2D eigenvalue weighted by Gasteiger charge is -2.26. The van der Waals surface area contributed by atoms with Crippen molar-refractivity contribution < 1.29 is 14.5 Å². The highest BCUT2D eigenvalue weighted by molar-refractivity contribution is 6.30. The van der Waals surface area contributed by atoms with Gasteiger partial charge in [-0.05, 0) is 17.7 Å². The lowest BCUT2D eigenvalue weighted by atomic mass is 9.93. The first-order valence-corrected chi connectivity index (χ1v) is 6.96. The number of nitriles is 2. The first kappa shape index (κ1) is 14.8. The summed E-state index contributed by atoms with van der Waals surface area (Å²) >= 11 is 6.04. The molecule has 1 saturated carbocycles. The van der Waals surface area contributed by atoms with Crippen LogP contribution in [0.15, 0.2) is 24.3 Å². The van der Waals surface area contributed by atoms with Gasteiger partial charge in [0.1, 0.15) is 0 Å². The van der Waals surface area contributed by atoms with Crippen molar-refractivity contribution in [1.29, 1.82) is 10.5 Å². The zero-order chi connectivity index (χ0) is 16.2. The van der Waals surface area contributed by atoms with Gasteiger partial charge in [0.25, 0.3) is 5.84 Å². The molecule has 3 N–H and O–H groups in total. The maximum absolute atomic E-state index is 9.88. The summed E-state index contributed by atoms with van der Waals surface area (Å²) in [4.78, 5) is 2.84. The molecule has 0 saturated heterocycles. The van der Waals surface area contributed by atoms with E-state index in [2.05, 4.69) is 17.1 Å². The normalized spacial score (nSPS) is 34.2. The molecule has 0 spiro atoms. The summed E-state index contributed by atoms with van der Waals surface area (Å²) in [6, 6.07) is 11.5. The predicted molar refractivity (Wildman–Crippen MR) is 77.2 cm³/mol. The maximum Gasteiger partial charge on any atom is 0.342 e. The fourth-order valence-corrected chi connectivity index (χ4v) is 4.00. The summed E-state index contributed by atoms with van der Waals surface area (Å²) in [7, 11) is 2.81. The Morgan fingerprint density at radius 1 is 1.27 bits per heavy atom. The van der Waals surface area contributed by atoms with Gasteiger partial charge in [-0.2, -0.15) is 10.5 Å². The monoisotopic (exact) mass is 317 g/mol. The number of benzene rings is 1. The number of fused-ring (bicyclic) bond motifs is 1. The van der Waals surface area contributed by atoms with E-state index in [4.69, 9.17) is 26.8 Å². The van der Waals surface area contributed by atoms with Crippen LogP contribution < -0.4 is 10.7 Å². The molecule has 1 fully saturated rings. The Kier molecular flexibility index (Phi) is 2.99. The molecule has 2 aliphatic rings. The number of ether oxygens (including phenoxy) is 2. The van der Waals surface area contributed by atoms with E-state index < -0.39 is 22.7 Å². The van der Waals surface area contributed by atoms with Gasteiger partial charge >= 0.3 is 5.91 Å². The molecule has 1 aliphatic heterocycles. The molecular weight excluding hydrogens is 304 g/mol. The summed E-state index contributed by atoms with van der Waals surface area (Å²) in [5.41, 5.74) is 4.30. The number of methoxy groups -OCH3 is 2. The van der Waals surface area contributed by atoms with Crippen LogP contribution in [0.4, 0.5) is 0 Å². The van der Waals surface area contributed by atoms with Crippen LogP contribution in [0.5, 0.6) is 0 Å². The molecule has 1 aromatic rings. The van der Waals surface area contributed by atoms with Crippen molar-refractivity contribution in [3.05, 3.63) is 34.9 Å². The van der Waals surface area contributed by atoms with Gasteiger partial charge in [-0.3, -0.25) is 5.73 Å². The summed E-state index contributed by atoms with van der Waals surface area (Å²) in [6.45, 7) is 0. The molecule has 0 amide bonds. The highest BCUT2D eigenvalue weighted by Crippen LogP contribution is 2.78. The minimum absolute atomic E-state index is 0.172. The van der Waals surface area contributed by atoms with Crippen LogP contribution in [0.1, 0.15) is 11.5 Å². The molecule has 112 valence electrons. The van der Waals surface area contributed by atoms with E-state index in [1.807, 2.05) is 6.07 Å². The van der Waals surface area contributed by atoms with Gasteiger partial charge in [-0.1, -0.05) is 23.7 Å². The summed E-state index contributed by atoms with van der Waals surface area (Å²) in [5, 5.41) is 20.2. The standard InChI is InChI=1S/C15H13ClN4O2/c1-21-15(22-2)14(8-18)11(9-4-3-5-10(16)6-9)13(14,7-17)12(19)20-15/h3-6,11H,1-2H3,(H2,19,20)/p+1/t11-,13-,14-/m1/s1. The van der Waals surface area contributed by atoms with Crippen molar-refractivity contribution in [3.63, 3.8) is 0 Å². The zero-order valence-electron chi connectivity index (χ0n) is 12.1. The van der Waals surface area contributed by atoms with Gasteiger partial charge in [0, 0.05) is 25.2 Å². The second-order valence-corrected chi connectivity index (χ2v) is 5.83. The van der Waals surface area contributed by atoms with E-state index in [-0.39, 0.29) is 5.84 Å². The number of hydrogen-bond acceptors (Lipinski definition) is 5. The molecule has 1 aromatic carbocycles. The second kappa shape index (κ2) is 4.44. The topological polar surface area (TPSA) is 106 Å². The molecule has 1 heterocycles. The molecule has 0 unspecified atom stereocenters. The van der Waals surface area contributed by atoms with Crippen molar-refractivity contribution in [3.8, 4) is 12.1 Å². The average molecular weight is 318 g/mol. The fraction of sp³-hybridized carbons (Fsp3) is 0.400. The smallest absolute Gasteiger partial charge is 0.317 e. The number of nitrogens with one attached hydrogen (secondary N) is 1. The lowest BCUT2D eigenvalue weighted by molar-refractivity contribution is -0.687. The molecule has 0 bridgehead atoms. The molecule has 3 rings (SSSR count). The second-order valence-electron chi connectivity index (χ2n) is 5.39. The van der Waals surface area contributed by atoms with Crippen LogP contribution in [0.3, 0.4) is 0 Å².